The van der Waals surface area contributed by atoms with Crippen molar-refractivity contribution in [3.8, 4) is 0 Å². The van der Waals surface area contributed by atoms with Crippen molar-refractivity contribution in [3.63, 3.8) is 0 Å². The molecule has 10 heteroatoms. The van der Waals surface area contributed by atoms with E-state index >= 15 is 0 Å². The van der Waals surface area contributed by atoms with Crippen LogP contribution in [0.15, 0.2) is 66.7 Å². The molecule has 0 aliphatic carbocycles. The number of benzene rings is 3. The van der Waals surface area contributed by atoms with Crippen molar-refractivity contribution < 1.29 is 19.3 Å². The molecule has 4 rings (SSSR count). The number of hydrogen-bond donors (Lipinski definition) is 3. The molecule has 3 N–H and O–H groups in total. The first-order valence-electron chi connectivity index (χ1n) is 15.2. The van der Waals surface area contributed by atoms with Crippen LogP contribution in [0.5, 0.6) is 0 Å². The molecule has 230 valence electrons. The van der Waals surface area contributed by atoms with Crippen molar-refractivity contribution in [1.82, 2.24) is 15.6 Å². The van der Waals surface area contributed by atoms with Crippen LogP contribution in [-0.2, 0) is 4.79 Å². The normalized spacial score (nSPS) is 10.9. The first kappa shape index (κ1) is 32.1. The minimum Gasteiger partial charge on any atom is -0.384 e. The van der Waals surface area contributed by atoms with Crippen LogP contribution in [0.1, 0.15) is 79.0 Å². The number of aromatic nitrogens is 1. The number of nitrogens with zero attached hydrogens (tertiary/aromatic N) is 2. The number of amides is 2. The van der Waals surface area contributed by atoms with Gasteiger partial charge in [-0.2, -0.15) is 0 Å². The predicted molar refractivity (Wildman–Crippen MR) is 173 cm³/mol. The fraction of sp³-hybridized carbons (Fsp3) is 0.353. The molecule has 1 aromatic heterocycles. The smallest absolute Gasteiger partial charge is 0.269 e. The summed E-state index contributed by atoms with van der Waals surface area (Å²) in [6.45, 7) is 3.43. The summed E-state index contributed by atoms with van der Waals surface area (Å²) in [5.74, 6) is -0.205. The van der Waals surface area contributed by atoms with Gasteiger partial charge in [0.05, 0.1) is 27.2 Å². The molecular weight excluding hydrogens is 558 g/mol. The number of anilines is 1. The molecule has 0 saturated carbocycles. The van der Waals surface area contributed by atoms with Crippen LogP contribution >= 0.6 is 0 Å². The van der Waals surface area contributed by atoms with E-state index in [1.165, 1.54) is 24.3 Å². The van der Waals surface area contributed by atoms with E-state index in [0.29, 0.717) is 36.2 Å². The van der Waals surface area contributed by atoms with Gasteiger partial charge in [0.1, 0.15) is 5.78 Å². The van der Waals surface area contributed by atoms with Gasteiger partial charge in [0.15, 0.2) is 0 Å². The van der Waals surface area contributed by atoms with Gasteiger partial charge in [-0.15, -0.1) is 0 Å². The number of nitro groups is 1. The summed E-state index contributed by atoms with van der Waals surface area (Å²) in [5, 5.41) is 22.2. The third-order valence-electron chi connectivity index (χ3n) is 7.48. The third-order valence-corrected chi connectivity index (χ3v) is 7.48. The fourth-order valence-corrected chi connectivity index (χ4v) is 5.12. The molecule has 1 heterocycles. The van der Waals surface area contributed by atoms with Crippen LogP contribution in [0.2, 0.25) is 0 Å². The van der Waals surface area contributed by atoms with Gasteiger partial charge in [-0.05, 0) is 56.9 Å². The maximum absolute atomic E-state index is 13.1. The summed E-state index contributed by atoms with van der Waals surface area (Å²) in [4.78, 5) is 51.7. The number of pyridine rings is 1. The number of hydrogen-bond acceptors (Lipinski definition) is 7. The van der Waals surface area contributed by atoms with Crippen LogP contribution in [-0.4, -0.2) is 47.1 Å². The highest BCUT2D eigenvalue weighted by atomic mass is 16.6. The average Bonchev–Trinajstić information content (AvgIpc) is 3.02. The third kappa shape index (κ3) is 8.82. The molecule has 0 saturated heterocycles. The van der Waals surface area contributed by atoms with Gasteiger partial charge in [-0.3, -0.25) is 19.7 Å². The highest BCUT2D eigenvalue weighted by Crippen LogP contribution is 2.32. The number of unbranched alkanes of at least 4 members (excludes halogenated alkanes) is 5. The standard InChI is InChI=1S/C34H39N5O5/c1-24(40)12-5-4-10-23-37-34(42)29-15-11-14-28-31(27-13-6-7-16-30(27)38-32(28)29)35-21-8-2-3-9-22-36-33(41)25-17-19-26(20-18-25)39(43)44/h6-7,11,13-20H,2-5,8-10,12,21-23H2,1H3,(H,35,38)(H,36,41)(H,37,42). The molecule has 0 bridgehead atoms. The van der Waals surface area contributed by atoms with Crippen molar-refractivity contribution in [2.45, 2.75) is 58.3 Å². The number of nitro benzene ring substituents is 1. The highest BCUT2D eigenvalue weighted by molar-refractivity contribution is 6.14. The molecule has 0 unspecified atom stereocenters. The second kappa shape index (κ2) is 16.1. The zero-order valence-corrected chi connectivity index (χ0v) is 25.1. The number of non-ortho nitro benzene ring substituents is 1. The van der Waals surface area contributed by atoms with Crippen LogP contribution < -0.4 is 16.0 Å². The van der Waals surface area contributed by atoms with Crippen LogP contribution in [0.3, 0.4) is 0 Å². The van der Waals surface area contributed by atoms with Crippen molar-refractivity contribution >= 4 is 50.8 Å². The van der Waals surface area contributed by atoms with E-state index in [9.17, 15) is 24.5 Å². The largest absolute Gasteiger partial charge is 0.384 e. The highest BCUT2D eigenvalue weighted by Gasteiger charge is 2.16. The van der Waals surface area contributed by atoms with Crippen molar-refractivity contribution in [2.75, 3.05) is 25.0 Å². The van der Waals surface area contributed by atoms with Crippen molar-refractivity contribution in [2.24, 2.45) is 0 Å². The Morgan fingerprint density at radius 1 is 0.727 bits per heavy atom. The van der Waals surface area contributed by atoms with Crippen LogP contribution in [0.4, 0.5) is 11.4 Å². The van der Waals surface area contributed by atoms with E-state index < -0.39 is 4.92 Å². The quantitative estimate of drug-likeness (QED) is 0.0540. The Morgan fingerprint density at radius 3 is 2.07 bits per heavy atom. The van der Waals surface area contributed by atoms with Crippen LogP contribution in [0, 0.1) is 10.1 Å². The Kier molecular flexibility index (Phi) is 11.7. The first-order valence-corrected chi connectivity index (χ1v) is 15.2. The molecule has 44 heavy (non-hydrogen) atoms. The minimum absolute atomic E-state index is 0.0430. The number of carbonyl (C=O) groups excluding carboxylic acids is 3. The molecule has 0 spiro atoms. The number of para-hydroxylation sites is 2. The molecule has 3 aromatic carbocycles. The molecule has 0 aliphatic rings. The summed E-state index contributed by atoms with van der Waals surface area (Å²) in [6.07, 6.45) is 6.80. The lowest BCUT2D eigenvalue weighted by atomic mass is 10.0. The van der Waals surface area contributed by atoms with Crippen molar-refractivity contribution in [1.29, 1.82) is 0 Å². The van der Waals surface area contributed by atoms with Gasteiger partial charge >= 0.3 is 0 Å². The number of rotatable bonds is 17. The van der Waals surface area contributed by atoms with E-state index in [4.69, 9.17) is 4.98 Å². The van der Waals surface area contributed by atoms with E-state index in [-0.39, 0.29) is 23.3 Å². The lowest BCUT2D eigenvalue weighted by Gasteiger charge is -2.15. The summed E-state index contributed by atoms with van der Waals surface area (Å²) in [5.41, 5.74) is 3.33. The number of ketones is 1. The first-order chi connectivity index (χ1) is 21.3. The number of fused-ring (bicyclic) bond motifs is 2. The van der Waals surface area contributed by atoms with Gasteiger partial charge in [-0.25, -0.2) is 4.98 Å². The monoisotopic (exact) mass is 597 g/mol. The Bertz CT molecular complexity index is 1620. The Balaban J connectivity index is 1.29. The van der Waals surface area contributed by atoms with Gasteiger partial charge in [-0.1, -0.05) is 49.6 Å². The van der Waals surface area contributed by atoms with Gasteiger partial charge in [0, 0.05) is 54.5 Å². The zero-order chi connectivity index (χ0) is 31.3. The van der Waals surface area contributed by atoms with Gasteiger partial charge in [0.25, 0.3) is 17.5 Å². The average molecular weight is 598 g/mol. The van der Waals surface area contributed by atoms with E-state index in [0.717, 1.165) is 73.5 Å². The minimum atomic E-state index is -0.489. The number of Topliss-reactive ketones (excluding diaryl/α,β-unsaturated/α-hetero) is 1. The Hall–Kier alpha value is -4.86. The second-order valence-corrected chi connectivity index (χ2v) is 10.9. The SMILES string of the molecule is CC(=O)CCCCCNC(=O)c1cccc2c(NCCCCCCNC(=O)c3ccc([N+](=O)[O-])cc3)c3ccccc3nc12. The molecular formula is C34H39N5O5. The second-order valence-electron chi connectivity index (χ2n) is 10.9. The Morgan fingerprint density at radius 2 is 1.36 bits per heavy atom. The maximum Gasteiger partial charge on any atom is 0.269 e. The molecule has 0 radical (unpaired) electrons. The molecule has 0 fully saturated rings. The molecule has 0 aliphatic heterocycles. The summed E-state index contributed by atoms with van der Waals surface area (Å²) < 4.78 is 0. The maximum atomic E-state index is 13.1. The number of carbonyl (C=O) groups is 3. The lowest BCUT2D eigenvalue weighted by molar-refractivity contribution is -0.384. The fourth-order valence-electron chi connectivity index (χ4n) is 5.12. The Labute approximate surface area is 256 Å². The molecule has 10 nitrogen and oxygen atoms in total. The predicted octanol–water partition coefficient (Wildman–Crippen LogP) is 6.58. The molecule has 0 atom stereocenters. The molecule has 4 aromatic rings. The van der Waals surface area contributed by atoms with E-state index in [2.05, 4.69) is 16.0 Å². The zero-order valence-electron chi connectivity index (χ0n) is 25.1. The lowest BCUT2D eigenvalue weighted by Crippen LogP contribution is -2.25. The van der Waals surface area contributed by atoms with Gasteiger partial charge < -0.3 is 20.7 Å². The van der Waals surface area contributed by atoms with E-state index in [1.807, 2.05) is 36.4 Å². The van der Waals surface area contributed by atoms with Gasteiger partial charge in [0.2, 0.25) is 0 Å². The topological polar surface area (TPSA) is 143 Å². The summed E-state index contributed by atoms with van der Waals surface area (Å²) in [7, 11) is 0. The summed E-state index contributed by atoms with van der Waals surface area (Å²) >= 11 is 0. The van der Waals surface area contributed by atoms with E-state index in [1.54, 1.807) is 13.0 Å². The number of nitrogens with one attached hydrogen (secondary N) is 3. The van der Waals surface area contributed by atoms with Crippen molar-refractivity contribution in [3.05, 3.63) is 88.0 Å². The van der Waals surface area contributed by atoms with Crippen LogP contribution in [0.25, 0.3) is 21.8 Å². The summed E-state index contributed by atoms with van der Waals surface area (Å²) in [6, 6.07) is 19.2. The molecule has 2 amide bonds.